The largest absolute Gasteiger partial charge is 0.497 e. The third-order valence-electron chi connectivity index (χ3n) is 9.09. The summed E-state index contributed by atoms with van der Waals surface area (Å²) in [6, 6.07) is 29.2. The smallest absolute Gasteiger partial charge is 0.264 e. The Kier molecular flexibility index (Phi) is 12.0. The molecule has 0 aromatic heterocycles. The van der Waals surface area contributed by atoms with Gasteiger partial charge in [-0.3, -0.25) is 13.9 Å². The average Bonchev–Trinajstić information content (AvgIpc) is 3.13. The van der Waals surface area contributed by atoms with Gasteiger partial charge >= 0.3 is 0 Å². The first kappa shape index (κ1) is 35.5. The molecule has 4 aromatic rings. The van der Waals surface area contributed by atoms with E-state index in [1.165, 1.54) is 37.3 Å². The van der Waals surface area contributed by atoms with Crippen molar-refractivity contribution in [1.82, 2.24) is 10.2 Å². The van der Waals surface area contributed by atoms with Gasteiger partial charge < -0.3 is 19.7 Å². The van der Waals surface area contributed by atoms with Crippen molar-refractivity contribution in [3.05, 3.63) is 120 Å². The number of hydrogen-bond acceptors (Lipinski definition) is 6. The van der Waals surface area contributed by atoms with Crippen LogP contribution in [-0.4, -0.2) is 58.0 Å². The Hall–Kier alpha value is -4.83. The molecule has 5 rings (SSSR count). The summed E-state index contributed by atoms with van der Waals surface area (Å²) in [7, 11) is -1.38. The third kappa shape index (κ3) is 8.80. The molecular weight excluding hydrogens is 639 g/mol. The number of anilines is 1. The monoisotopic (exact) mass is 683 g/mol. The quantitative estimate of drug-likeness (QED) is 0.167. The Labute approximate surface area is 289 Å². The molecule has 0 radical (unpaired) electrons. The van der Waals surface area contributed by atoms with Crippen molar-refractivity contribution in [3.8, 4) is 11.5 Å². The molecule has 1 aliphatic carbocycles. The van der Waals surface area contributed by atoms with E-state index in [1.54, 1.807) is 30.3 Å². The van der Waals surface area contributed by atoms with Crippen molar-refractivity contribution in [1.29, 1.82) is 0 Å². The number of amides is 2. The molecule has 1 aliphatic rings. The number of benzene rings is 4. The molecule has 0 heterocycles. The van der Waals surface area contributed by atoms with Crippen LogP contribution in [0.15, 0.2) is 108 Å². The van der Waals surface area contributed by atoms with Crippen LogP contribution in [0.1, 0.15) is 48.8 Å². The van der Waals surface area contributed by atoms with E-state index in [1.807, 2.05) is 61.5 Å². The number of carbonyl (C=O) groups excluding carboxylic acids is 2. The average molecular weight is 684 g/mol. The Morgan fingerprint density at radius 2 is 1.49 bits per heavy atom. The number of nitrogens with zero attached hydrogens (tertiary/aromatic N) is 2. The number of methoxy groups -OCH3 is 2. The van der Waals surface area contributed by atoms with Gasteiger partial charge in [-0.2, -0.15) is 0 Å². The summed E-state index contributed by atoms with van der Waals surface area (Å²) in [5.41, 5.74) is 2.84. The minimum atomic E-state index is -4.30. The summed E-state index contributed by atoms with van der Waals surface area (Å²) < 4.78 is 40.9. The number of aryl methyl sites for hydroxylation is 1. The van der Waals surface area contributed by atoms with E-state index in [0.717, 1.165) is 53.1 Å². The maximum absolute atomic E-state index is 14.9. The lowest BCUT2D eigenvalue weighted by Gasteiger charge is -2.35. The van der Waals surface area contributed by atoms with Gasteiger partial charge in [0.05, 0.1) is 24.8 Å². The minimum Gasteiger partial charge on any atom is -0.497 e. The normalized spacial score (nSPS) is 14.0. The van der Waals surface area contributed by atoms with Gasteiger partial charge in [0.25, 0.3) is 10.0 Å². The number of hydrogen-bond donors (Lipinski definition) is 1. The van der Waals surface area contributed by atoms with Gasteiger partial charge in [-0.05, 0) is 60.7 Å². The van der Waals surface area contributed by atoms with Crippen molar-refractivity contribution >= 4 is 27.5 Å². The highest BCUT2D eigenvalue weighted by atomic mass is 32.2. The number of nitrogens with one attached hydrogen (secondary N) is 1. The van der Waals surface area contributed by atoms with Crippen LogP contribution in [0.4, 0.5) is 5.69 Å². The van der Waals surface area contributed by atoms with Gasteiger partial charge in [-0.25, -0.2) is 8.42 Å². The lowest BCUT2D eigenvalue weighted by atomic mass is 9.94. The van der Waals surface area contributed by atoms with Crippen LogP contribution in [-0.2, 0) is 32.6 Å². The fraction of sp³-hybridized carbons (Fsp3) is 0.333. The first-order valence-electron chi connectivity index (χ1n) is 16.7. The Bertz CT molecular complexity index is 1810. The summed E-state index contributed by atoms with van der Waals surface area (Å²) in [6.45, 7) is 1.48. The zero-order valence-corrected chi connectivity index (χ0v) is 29.2. The van der Waals surface area contributed by atoms with Crippen LogP contribution in [0.25, 0.3) is 0 Å². The van der Waals surface area contributed by atoms with Crippen molar-refractivity contribution in [2.24, 2.45) is 0 Å². The van der Waals surface area contributed by atoms with Crippen molar-refractivity contribution in [2.75, 3.05) is 25.1 Å². The molecule has 4 aromatic carbocycles. The first-order valence-corrected chi connectivity index (χ1v) is 18.1. The number of carbonyl (C=O) groups is 2. The van der Waals surface area contributed by atoms with E-state index in [9.17, 15) is 18.0 Å². The molecule has 0 spiro atoms. The molecule has 1 atom stereocenters. The van der Waals surface area contributed by atoms with Crippen molar-refractivity contribution < 1.29 is 27.5 Å². The molecule has 0 aliphatic heterocycles. The van der Waals surface area contributed by atoms with E-state index in [-0.39, 0.29) is 41.2 Å². The highest BCUT2D eigenvalue weighted by Gasteiger charge is 2.36. The van der Waals surface area contributed by atoms with E-state index >= 15 is 0 Å². The van der Waals surface area contributed by atoms with Crippen LogP contribution in [0.3, 0.4) is 0 Å². The maximum Gasteiger partial charge on any atom is 0.264 e. The fourth-order valence-electron chi connectivity index (χ4n) is 6.29. The Morgan fingerprint density at radius 3 is 2.14 bits per heavy atom. The van der Waals surface area contributed by atoms with Gasteiger partial charge in [0.15, 0.2) is 0 Å². The topological polar surface area (TPSA) is 105 Å². The van der Waals surface area contributed by atoms with Gasteiger partial charge in [0, 0.05) is 25.1 Å². The van der Waals surface area contributed by atoms with Gasteiger partial charge in [-0.15, -0.1) is 0 Å². The third-order valence-corrected chi connectivity index (χ3v) is 10.9. The molecule has 1 fully saturated rings. The second-order valence-electron chi connectivity index (χ2n) is 12.4. The predicted octanol–water partition coefficient (Wildman–Crippen LogP) is 6.30. The Balaban J connectivity index is 1.61. The highest BCUT2D eigenvalue weighted by Crippen LogP contribution is 2.36. The Morgan fingerprint density at radius 1 is 0.837 bits per heavy atom. The molecule has 258 valence electrons. The summed E-state index contributed by atoms with van der Waals surface area (Å²) in [5.74, 6) is -0.155. The molecule has 10 heteroatoms. The molecule has 0 saturated heterocycles. The fourth-order valence-corrected chi connectivity index (χ4v) is 7.73. The molecule has 0 bridgehead atoms. The molecule has 1 unspecified atom stereocenters. The van der Waals surface area contributed by atoms with E-state index in [4.69, 9.17) is 9.47 Å². The standard InChI is InChI=1S/C39H45N3O6S/c1-29-15-13-14-18-31(29)27-41(36(25-30-16-7-4-8-17-30)39(44)40-32-19-9-5-10-20-32)38(43)28-42(49(45,46)34-21-11-6-12-22-34)35-26-33(47-2)23-24-37(35)48-3/h4,6-8,11-18,21-24,26,32,36H,5,9-10,19-20,25,27-28H2,1-3H3,(H,40,44). The zero-order valence-electron chi connectivity index (χ0n) is 28.4. The van der Waals surface area contributed by atoms with E-state index in [2.05, 4.69) is 5.32 Å². The highest BCUT2D eigenvalue weighted by molar-refractivity contribution is 7.92. The lowest BCUT2D eigenvalue weighted by molar-refractivity contribution is -0.140. The van der Waals surface area contributed by atoms with Crippen LogP contribution in [0, 0.1) is 6.92 Å². The van der Waals surface area contributed by atoms with Crippen LogP contribution >= 0.6 is 0 Å². The van der Waals surface area contributed by atoms with Gasteiger partial charge in [0.2, 0.25) is 11.8 Å². The maximum atomic E-state index is 14.9. The molecule has 9 nitrogen and oxygen atoms in total. The van der Waals surface area contributed by atoms with Gasteiger partial charge in [-0.1, -0.05) is 92.1 Å². The molecule has 49 heavy (non-hydrogen) atoms. The second kappa shape index (κ2) is 16.5. The number of ether oxygens (including phenoxy) is 2. The number of sulfonamides is 1. The van der Waals surface area contributed by atoms with Gasteiger partial charge in [0.1, 0.15) is 24.1 Å². The molecule has 2 amide bonds. The zero-order chi connectivity index (χ0) is 34.8. The van der Waals surface area contributed by atoms with Crippen molar-refractivity contribution in [2.45, 2.75) is 69.0 Å². The molecule has 1 saturated carbocycles. The first-order chi connectivity index (χ1) is 23.7. The van der Waals surface area contributed by atoms with E-state index in [0.29, 0.717) is 5.75 Å². The summed E-state index contributed by atoms with van der Waals surface area (Å²) in [4.78, 5) is 30.7. The summed E-state index contributed by atoms with van der Waals surface area (Å²) >= 11 is 0. The molecular formula is C39H45N3O6S. The predicted molar refractivity (Wildman–Crippen MR) is 191 cm³/mol. The van der Waals surface area contributed by atoms with Crippen LogP contribution in [0.2, 0.25) is 0 Å². The molecule has 1 N–H and O–H groups in total. The SMILES string of the molecule is COc1ccc(OC)c(N(CC(=O)N(Cc2ccccc2C)C(Cc2ccccc2)C(=O)NC2CCCCC2)S(=O)(=O)c2ccccc2)c1. The van der Waals surface area contributed by atoms with Crippen LogP contribution in [0.5, 0.6) is 11.5 Å². The lowest BCUT2D eigenvalue weighted by Crippen LogP contribution is -2.55. The minimum absolute atomic E-state index is 0.00834. The summed E-state index contributed by atoms with van der Waals surface area (Å²) in [5, 5.41) is 3.25. The van der Waals surface area contributed by atoms with E-state index < -0.39 is 28.5 Å². The number of rotatable bonds is 14. The van der Waals surface area contributed by atoms with Crippen LogP contribution < -0.4 is 19.1 Å². The summed E-state index contributed by atoms with van der Waals surface area (Å²) in [6.07, 6.45) is 5.23. The van der Waals surface area contributed by atoms with Crippen molar-refractivity contribution in [3.63, 3.8) is 0 Å². The second-order valence-corrected chi connectivity index (χ2v) is 14.2.